The van der Waals surface area contributed by atoms with Crippen molar-refractivity contribution < 1.29 is 4.79 Å². The van der Waals surface area contributed by atoms with Crippen molar-refractivity contribution >= 4 is 34.0 Å². The third-order valence-electron chi connectivity index (χ3n) is 4.15. The molecule has 0 fully saturated rings. The van der Waals surface area contributed by atoms with E-state index in [0.717, 1.165) is 24.1 Å². The maximum absolute atomic E-state index is 12.0. The molecule has 1 heterocycles. The van der Waals surface area contributed by atoms with E-state index in [1.54, 1.807) is 0 Å². The number of aromatic nitrogens is 1. The van der Waals surface area contributed by atoms with Crippen LogP contribution in [0.5, 0.6) is 0 Å². The molecule has 0 radical (unpaired) electrons. The maximum atomic E-state index is 12.0. The summed E-state index contributed by atoms with van der Waals surface area (Å²) in [6.07, 6.45) is 10.5. The number of nitrogens with one attached hydrogen (secondary N) is 1. The van der Waals surface area contributed by atoms with Crippen molar-refractivity contribution in [2.24, 2.45) is 0 Å². The first kappa shape index (κ1) is 19.9. The van der Waals surface area contributed by atoms with Gasteiger partial charge in [0.2, 0.25) is 5.91 Å². The number of rotatable bonds is 11. The van der Waals surface area contributed by atoms with Gasteiger partial charge in [-0.3, -0.25) is 4.79 Å². The lowest BCUT2D eigenvalue weighted by molar-refractivity contribution is -0.116. The standard InChI is InChI=1S/C20H27ClN2OS/c1-2-3-4-5-6-7-8-9-10-19(24)23-20-22-18(15-25-20)16-11-13-17(21)14-12-16/h11-15H,2-10H2,1H3,(H,22,23,24). The van der Waals surface area contributed by atoms with Crippen LogP contribution < -0.4 is 5.32 Å². The van der Waals surface area contributed by atoms with E-state index in [9.17, 15) is 4.79 Å². The van der Waals surface area contributed by atoms with Crippen LogP contribution in [-0.4, -0.2) is 10.9 Å². The summed E-state index contributed by atoms with van der Waals surface area (Å²) in [7, 11) is 0. The van der Waals surface area contributed by atoms with Crippen molar-refractivity contribution in [2.75, 3.05) is 5.32 Å². The molecule has 1 N–H and O–H groups in total. The lowest BCUT2D eigenvalue weighted by Gasteiger charge is -2.03. The molecule has 0 aliphatic rings. The Hall–Kier alpha value is -1.39. The van der Waals surface area contributed by atoms with Gasteiger partial charge >= 0.3 is 0 Å². The van der Waals surface area contributed by atoms with Gasteiger partial charge in [-0.25, -0.2) is 4.98 Å². The summed E-state index contributed by atoms with van der Waals surface area (Å²) in [4.78, 5) is 16.5. The molecule has 1 amide bonds. The van der Waals surface area contributed by atoms with Gasteiger partial charge in [0.15, 0.2) is 5.13 Å². The number of hydrogen-bond acceptors (Lipinski definition) is 3. The van der Waals surface area contributed by atoms with Gasteiger partial charge in [-0.2, -0.15) is 0 Å². The highest BCUT2D eigenvalue weighted by Crippen LogP contribution is 2.26. The SMILES string of the molecule is CCCCCCCCCCC(=O)Nc1nc(-c2ccc(Cl)cc2)cs1. The van der Waals surface area contributed by atoms with E-state index >= 15 is 0 Å². The van der Waals surface area contributed by atoms with E-state index in [0.29, 0.717) is 16.6 Å². The first-order valence-electron chi connectivity index (χ1n) is 9.20. The van der Waals surface area contributed by atoms with Gasteiger partial charge in [-0.15, -0.1) is 11.3 Å². The van der Waals surface area contributed by atoms with Crippen molar-refractivity contribution in [3.05, 3.63) is 34.7 Å². The summed E-state index contributed by atoms with van der Waals surface area (Å²) in [5, 5.41) is 6.23. The molecular formula is C20H27ClN2OS. The Bertz CT molecular complexity index is 639. The lowest BCUT2D eigenvalue weighted by atomic mass is 10.1. The fourth-order valence-corrected chi connectivity index (χ4v) is 3.55. The van der Waals surface area contributed by atoms with Gasteiger partial charge in [-0.1, -0.05) is 75.6 Å². The van der Waals surface area contributed by atoms with Crippen LogP contribution >= 0.6 is 22.9 Å². The molecular weight excluding hydrogens is 352 g/mol. The highest BCUT2D eigenvalue weighted by molar-refractivity contribution is 7.14. The average molecular weight is 379 g/mol. The zero-order chi connectivity index (χ0) is 17.9. The van der Waals surface area contributed by atoms with Crippen LogP contribution in [0.4, 0.5) is 5.13 Å². The Kier molecular flexibility index (Phi) is 8.98. The molecule has 136 valence electrons. The summed E-state index contributed by atoms with van der Waals surface area (Å²) in [6, 6.07) is 7.56. The van der Waals surface area contributed by atoms with Crippen LogP contribution in [0, 0.1) is 0 Å². The number of amides is 1. The zero-order valence-corrected chi connectivity index (χ0v) is 16.5. The topological polar surface area (TPSA) is 42.0 Å². The van der Waals surface area contributed by atoms with Crippen molar-refractivity contribution in [1.29, 1.82) is 0 Å². The second-order valence-electron chi connectivity index (χ2n) is 6.32. The maximum Gasteiger partial charge on any atom is 0.226 e. The minimum Gasteiger partial charge on any atom is -0.302 e. The van der Waals surface area contributed by atoms with E-state index < -0.39 is 0 Å². The van der Waals surface area contributed by atoms with Crippen LogP contribution in [0.3, 0.4) is 0 Å². The smallest absolute Gasteiger partial charge is 0.226 e. The fourth-order valence-electron chi connectivity index (χ4n) is 2.69. The molecule has 5 heteroatoms. The van der Waals surface area contributed by atoms with E-state index in [1.807, 2.05) is 29.6 Å². The third kappa shape index (κ3) is 7.57. The normalized spacial score (nSPS) is 10.8. The number of nitrogens with zero attached hydrogens (tertiary/aromatic N) is 1. The van der Waals surface area contributed by atoms with Crippen LogP contribution in [-0.2, 0) is 4.79 Å². The zero-order valence-electron chi connectivity index (χ0n) is 14.9. The number of halogens is 1. The predicted octanol–water partition coefficient (Wildman–Crippen LogP) is 6.93. The van der Waals surface area contributed by atoms with Gasteiger partial charge in [0.1, 0.15) is 0 Å². The minimum atomic E-state index is 0.0583. The molecule has 0 bridgehead atoms. The summed E-state index contributed by atoms with van der Waals surface area (Å²) in [5.41, 5.74) is 1.87. The first-order valence-corrected chi connectivity index (χ1v) is 10.5. The monoisotopic (exact) mass is 378 g/mol. The Labute approximate surface area is 159 Å². The first-order chi connectivity index (χ1) is 12.2. The molecule has 0 saturated carbocycles. The van der Waals surface area contributed by atoms with Gasteiger partial charge in [0.05, 0.1) is 5.69 Å². The minimum absolute atomic E-state index is 0.0583. The summed E-state index contributed by atoms with van der Waals surface area (Å²) in [5.74, 6) is 0.0583. The van der Waals surface area contributed by atoms with E-state index in [4.69, 9.17) is 11.6 Å². The number of anilines is 1. The second-order valence-corrected chi connectivity index (χ2v) is 7.61. The van der Waals surface area contributed by atoms with Crippen molar-refractivity contribution in [2.45, 2.75) is 64.7 Å². The third-order valence-corrected chi connectivity index (χ3v) is 5.16. The molecule has 0 unspecified atom stereocenters. The number of hydrogen-bond donors (Lipinski definition) is 1. The Balaban J connectivity index is 1.65. The lowest BCUT2D eigenvalue weighted by Crippen LogP contribution is -2.10. The van der Waals surface area contributed by atoms with Gasteiger partial charge in [0, 0.05) is 22.4 Å². The number of benzene rings is 1. The summed E-state index contributed by atoms with van der Waals surface area (Å²) in [6.45, 7) is 2.24. The Morgan fingerprint density at radius 2 is 1.68 bits per heavy atom. The average Bonchev–Trinajstić information content (AvgIpc) is 3.06. The molecule has 25 heavy (non-hydrogen) atoms. The van der Waals surface area contributed by atoms with Crippen LogP contribution in [0.15, 0.2) is 29.6 Å². The quantitative estimate of drug-likeness (QED) is 0.430. The number of unbranched alkanes of at least 4 members (excludes halogenated alkanes) is 7. The van der Waals surface area contributed by atoms with E-state index in [-0.39, 0.29) is 5.91 Å². The Morgan fingerprint density at radius 3 is 2.36 bits per heavy atom. The van der Waals surface area contributed by atoms with Crippen LogP contribution in [0.2, 0.25) is 5.02 Å². The fraction of sp³-hybridized carbons (Fsp3) is 0.500. The van der Waals surface area contributed by atoms with Gasteiger partial charge in [-0.05, 0) is 18.6 Å². The molecule has 0 aliphatic carbocycles. The highest BCUT2D eigenvalue weighted by atomic mass is 35.5. The van der Waals surface area contributed by atoms with Crippen LogP contribution in [0.1, 0.15) is 64.7 Å². The second kappa shape index (κ2) is 11.3. The number of carbonyl (C=O) groups is 1. The van der Waals surface area contributed by atoms with E-state index in [1.165, 1.54) is 49.9 Å². The molecule has 1 aromatic carbocycles. The predicted molar refractivity (Wildman–Crippen MR) is 108 cm³/mol. The van der Waals surface area contributed by atoms with E-state index in [2.05, 4.69) is 17.2 Å². The molecule has 3 nitrogen and oxygen atoms in total. The molecule has 2 aromatic rings. The number of thiazole rings is 1. The molecule has 1 aromatic heterocycles. The molecule has 0 saturated heterocycles. The van der Waals surface area contributed by atoms with Crippen LogP contribution in [0.25, 0.3) is 11.3 Å². The van der Waals surface area contributed by atoms with Crippen molar-refractivity contribution in [3.63, 3.8) is 0 Å². The van der Waals surface area contributed by atoms with Crippen molar-refractivity contribution in [3.8, 4) is 11.3 Å². The highest BCUT2D eigenvalue weighted by Gasteiger charge is 2.08. The molecule has 0 atom stereocenters. The number of carbonyl (C=O) groups excluding carboxylic acids is 1. The summed E-state index contributed by atoms with van der Waals surface area (Å²) < 4.78 is 0. The van der Waals surface area contributed by atoms with Crippen molar-refractivity contribution in [1.82, 2.24) is 4.98 Å². The van der Waals surface area contributed by atoms with Gasteiger partial charge < -0.3 is 5.32 Å². The summed E-state index contributed by atoms with van der Waals surface area (Å²) >= 11 is 7.36. The largest absolute Gasteiger partial charge is 0.302 e. The Morgan fingerprint density at radius 1 is 1.04 bits per heavy atom. The van der Waals surface area contributed by atoms with Gasteiger partial charge in [0.25, 0.3) is 0 Å². The molecule has 2 rings (SSSR count). The molecule has 0 aliphatic heterocycles. The molecule has 0 spiro atoms.